The molecule has 1 aliphatic rings. The lowest BCUT2D eigenvalue weighted by Gasteiger charge is -2.21. The van der Waals surface area contributed by atoms with Crippen LogP contribution >= 0.6 is 0 Å². The highest BCUT2D eigenvalue weighted by Gasteiger charge is 2.24. The second-order valence-corrected chi connectivity index (χ2v) is 6.59. The van der Waals surface area contributed by atoms with Crippen LogP contribution in [0, 0.1) is 5.92 Å². The first-order valence-electron chi connectivity index (χ1n) is 9.08. The molecule has 1 fully saturated rings. The smallest absolute Gasteiger partial charge is 0.291 e. The summed E-state index contributed by atoms with van der Waals surface area (Å²) >= 11 is 0. The number of hydrogen-bond donors (Lipinski definition) is 2. The number of nitrogens with zero attached hydrogens (tertiary/aromatic N) is 2. The van der Waals surface area contributed by atoms with Crippen LogP contribution in [-0.4, -0.2) is 50.6 Å². The molecule has 0 radical (unpaired) electrons. The Kier molecular flexibility index (Phi) is 6.49. The van der Waals surface area contributed by atoms with Gasteiger partial charge in [0, 0.05) is 45.4 Å². The highest BCUT2D eigenvalue weighted by Crippen LogP contribution is 2.17. The van der Waals surface area contributed by atoms with E-state index in [0.29, 0.717) is 18.2 Å². The van der Waals surface area contributed by atoms with Gasteiger partial charge in [-0.3, -0.25) is 9.79 Å². The number of carbonyl (C=O) groups is 1. The number of amides is 1. The maximum atomic E-state index is 12.0. The Morgan fingerprint density at radius 2 is 2.15 bits per heavy atom. The third kappa shape index (κ3) is 5.10. The number of furan rings is 1. The second-order valence-electron chi connectivity index (χ2n) is 6.59. The molecule has 1 aromatic heterocycles. The van der Waals surface area contributed by atoms with E-state index in [2.05, 4.69) is 20.5 Å². The number of methoxy groups -OCH3 is 1. The van der Waals surface area contributed by atoms with Crippen LogP contribution in [0.3, 0.4) is 0 Å². The maximum absolute atomic E-state index is 12.0. The molecule has 0 saturated carbocycles. The van der Waals surface area contributed by atoms with Gasteiger partial charge in [0.15, 0.2) is 11.7 Å². The van der Waals surface area contributed by atoms with E-state index in [1.54, 1.807) is 26.3 Å². The number of hydrogen-bond acceptors (Lipinski definition) is 4. The van der Waals surface area contributed by atoms with Crippen LogP contribution in [0.25, 0.3) is 0 Å². The fraction of sp³-hybridized carbons (Fsp3) is 0.400. The number of rotatable bonds is 6. The summed E-state index contributed by atoms with van der Waals surface area (Å²) in [7, 11) is 3.55. The monoisotopic (exact) mass is 370 g/mol. The van der Waals surface area contributed by atoms with Gasteiger partial charge in [0.2, 0.25) is 0 Å². The van der Waals surface area contributed by atoms with Gasteiger partial charge in [0.05, 0.1) is 12.9 Å². The molecule has 1 saturated heterocycles. The van der Waals surface area contributed by atoms with E-state index in [-0.39, 0.29) is 5.91 Å². The van der Waals surface area contributed by atoms with Crippen molar-refractivity contribution >= 4 is 17.6 Å². The molecule has 3 rings (SSSR count). The number of carbonyl (C=O) groups excluding carboxylic acids is 1. The van der Waals surface area contributed by atoms with Crippen molar-refractivity contribution in [1.29, 1.82) is 0 Å². The van der Waals surface area contributed by atoms with Gasteiger partial charge in [0.1, 0.15) is 0 Å². The Morgan fingerprint density at radius 3 is 2.81 bits per heavy atom. The van der Waals surface area contributed by atoms with Crippen molar-refractivity contribution in [2.24, 2.45) is 10.9 Å². The summed E-state index contributed by atoms with van der Waals surface area (Å²) in [5.41, 5.74) is 1.84. The van der Waals surface area contributed by atoms with Gasteiger partial charge in [-0.05, 0) is 36.2 Å². The van der Waals surface area contributed by atoms with E-state index in [4.69, 9.17) is 9.15 Å². The van der Waals surface area contributed by atoms with Crippen molar-refractivity contribution in [1.82, 2.24) is 10.2 Å². The zero-order valence-electron chi connectivity index (χ0n) is 15.8. The minimum Gasteiger partial charge on any atom is -0.459 e. The van der Waals surface area contributed by atoms with Crippen molar-refractivity contribution in [3.8, 4) is 0 Å². The summed E-state index contributed by atoms with van der Waals surface area (Å²) in [4.78, 5) is 18.6. The zero-order valence-corrected chi connectivity index (χ0v) is 15.8. The highest BCUT2D eigenvalue weighted by atomic mass is 16.5. The molecular weight excluding hydrogens is 344 g/mol. The summed E-state index contributed by atoms with van der Waals surface area (Å²) in [5.74, 6) is 1.50. The fourth-order valence-corrected chi connectivity index (χ4v) is 3.22. The zero-order chi connectivity index (χ0) is 19.1. The minimum atomic E-state index is -0.258. The molecule has 7 heteroatoms. The maximum Gasteiger partial charge on any atom is 0.291 e. The number of ether oxygens (including phenoxy) is 1. The molecule has 0 bridgehead atoms. The van der Waals surface area contributed by atoms with Crippen LogP contribution in [0.5, 0.6) is 0 Å². The molecule has 2 aromatic rings. The van der Waals surface area contributed by atoms with Crippen LogP contribution in [0.4, 0.5) is 5.69 Å². The number of anilines is 1. The van der Waals surface area contributed by atoms with Gasteiger partial charge in [0.25, 0.3) is 5.91 Å². The molecule has 1 atom stereocenters. The Morgan fingerprint density at radius 1 is 1.33 bits per heavy atom. The lowest BCUT2D eigenvalue weighted by molar-refractivity contribution is 0.0996. The van der Waals surface area contributed by atoms with Gasteiger partial charge in [-0.2, -0.15) is 0 Å². The Labute approximate surface area is 159 Å². The topological polar surface area (TPSA) is 79.1 Å². The SMILES string of the molecule is CN=C(NCc1ccc(NC(=O)c2ccco2)cc1)N1CCC(COC)C1. The summed E-state index contributed by atoms with van der Waals surface area (Å²) < 4.78 is 10.3. The Balaban J connectivity index is 1.50. The Hall–Kier alpha value is -2.80. The summed E-state index contributed by atoms with van der Waals surface area (Å²) in [6.07, 6.45) is 2.60. The predicted molar refractivity (Wildman–Crippen MR) is 105 cm³/mol. The number of likely N-dealkylation sites (tertiary alicyclic amines) is 1. The average Bonchev–Trinajstić information content (AvgIpc) is 3.36. The largest absolute Gasteiger partial charge is 0.459 e. The average molecular weight is 370 g/mol. The molecule has 0 aliphatic carbocycles. The molecule has 1 aromatic carbocycles. The molecule has 0 spiro atoms. The van der Waals surface area contributed by atoms with E-state index in [1.807, 2.05) is 24.3 Å². The van der Waals surface area contributed by atoms with Crippen molar-refractivity contribution in [2.45, 2.75) is 13.0 Å². The molecule has 1 amide bonds. The first-order chi connectivity index (χ1) is 13.2. The van der Waals surface area contributed by atoms with E-state index in [9.17, 15) is 4.79 Å². The lowest BCUT2D eigenvalue weighted by atomic mass is 10.1. The van der Waals surface area contributed by atoms with Gasteiger partial charge >= 0.3 is 0 Å². The van der Waals surface area contributed by atoms with Crippen molar-refractivity contribution in [3.63, 3.8) is 0 Å². The molecule has 1 aliphatic heterocycles. The van der Waals surface area contributed by atoms with Crippen molar-refractivity contribution < 1.29 is 13.9 Å². The third-order valence-corrected chi connectivity index (χ3v) is 4.61. The quantitative estimate of drug-likeness (QED) is 0.604. The van der Waals surface area contributed by atoms with Crippen LogP contribution in [0.1, 0.15) is 22.5 Å². The summed E-state index contributed by atoms with van der Waals surface area (Å²) in [5, 5.41) is 6.22. The van der Waals surface area contributed by atoms with Crippen LogP contribution < -0.4 is 10.6 Å². The summed E-state index contributed by atoms with van der Waals surface area (Å²) in [6.45, 7) is 3.42. The number of aliphatic imine (C=N–C) groups is 1. The van der Waals surface area contributed by atoms with E-state index >= 15 is 0 Å². The molecule has 1 unspecified atom stereocenters. The molecule has 2 N–H and O–H groups in total. The lowest BCUT2D eigenvalue weighted by Crippen LogP contribution is -2.39. The molecule has 2 heterocycles. The minimum absolute atomic E-state index is 0.258. The van der Waals surface area contributed by atoms with E-state index < -0.39 is 0 Å². The van der Waals surface area contributed by atoms with Gasteiger partial charge in [-0.25, -0.2) is 0 Å². The summed E-state index contributed by atoms with van der Waals surface area (Å²) in [6, 6.07) is 11.0. The van der Waals surface area contributed by atoms with Gasteiger partial charge < -0.3 is 24.7 Å². The predicted octanol–water partition coefficient (Wildman–Crippen LogP) is 2.58. The molecule has 27 heavy (non-hydrogen) atoms. The molecule has 144 valence electrons. The van der Waals surface area contributed by atoms with Crippen LogP contribution in [-0.2, 0) is 11.3 Å². The van der Waals surface area contributed by atoms with E-state index in [1.165, 1.54) is 6.26 Å². The molecule has 7 nitrogen and oxygen atoms in total. The standard InChI is InChI=1S/C20H26N4O3/c1-21-20(24-10-9-16(13-24)14-26-2)22-12-15-5-7-17(8-6-15)23-19(25)18-4-3-11-27-18/h3-8,11,16H,9-10,12-14H2,1-2H3,(H,21,22)(H,23,25). The first-order valence-corrected chi connectivity index (χ1v) is 9.08. The fourth-order valence-electron chi connectivity index (χ4n) is 3.22. The number of benzene rings is 1. The first kappa shape index (κ1) is 19.0. The van der Waals surface area contributed by atoms with Crippen LogP contribution in [0.2, 0.25) is 0 Å². The van der Waals surface area contributed by atoms with Gasteiger partial charge in [-0.1, -0.05) is 12.1 Å². The van der Waals surface area contributed by atoms with Crippen molar-refractivity contribution in [2.75, 3.05) is 39.2 Å². The van der Waals surface area contributed by atoms with E-state index in [0.717, 1.165) is 43.3 Å². The highest BCUT2D eigenvalue weighted by molar-refractivity contribution is 6.02. The van der Waals surface area contributed by atoms with Crippen molar-refractivity contribution in [3.05, 3.63) is 54.0 Å². The normalized spacial score (nSPS) is 17.2. The number of guanidine groups is 1. The molecular formula is C20H26N4O3. The second kappa shape index (κ2) is 9.23. The third-order valence-electron chi connectivity index (χ3n) is 4.61. The van der Waals surface area contributed by atoms with Crippen LogP contribution in [0.15, 0.2) is 52.1 Å². The van der Waals surface area contributed by atoms with Gasteiger partial charge in [-0.15, -0.1) is 0 Å². The number of nitrogens with one attached hydrogen (secondary N) is 2. The Bertz CT molecular complexity index is 756.